The Hall–Kier alpha value is -3.76. The fourth-order valence-electron chi connectivity index (χ4n) is 4.56. The number of amides is 2. The van der Waals surface area contributed by atoms with Gasteiger partial charge in [0.05, 0.1) is 24.8 Å². The number of anilines is 1. The van der Waals surface area contributed by atoms with Gasteiger partial charge in [0.25, 0.3) is 10.0 Å². The van der Waals surface area contributed by atoms with Crippen molar-refractivity contribution in [1.29, 1.82) is 0 Å². The van der Waals surface area contributed by atoms with E-state index in [9.17, 15) is 18.0 Å². The van der Waals surface area contributed by atoms with Gasteiger partial charge in [-0.05, 0) is 61.7 Å². The van der Waals surface area contributed by atoms with E-state index in [0.29, 0.717) is 29.4 Å². The van der Waals surface area contributed by atoms with E-state index in [4.69, 9.17) is 21.1 Å². The molecule has 0 radical (unpaired) electrons. The lowest BCUT2D eigenvalue weighted by molar-refractivity contribution is -0.140. The van der Waals surface area contributed by atoms with Gasteiger partial charge in [-0.3, -0.25) is 13.9 Å². The molecule has 9 nitrogen and oxygen atoms in total. The minimum atomic E-state index is -4.27. The maximum atomic E-state index is 14.2. The maximum Gasteiger partial charge on any atom is 0.264 e. The number of aryl methyl sites for hydroxylation is 1. The first kappa shape index (κ1) is 33.7. The summed E-state index contributed by atoms with van der Waals surface area (Å²) < 4.78 is 40.0. The summed E-state index contributed by atoms with van der Waals surface area (Å²) in [6.45, 7) is 5.78. The van der Waals surface area contributed by atoms with Crippen LogP contribution in [0.2, 0.25) is 5.02 Å². The average Bonchev–Trinajstić information content (AvgIpc) is 3.00. The highest BCUT2D eigenvalue weighted by Crippen LogP contribution is 2.32. The third kappa shape index (κ3) is 8.64. The van der Waals surface area contributed by atoms with Gasteiger partial charge in [0.1, 0.15) is 12.6 Å². The first-order valence-electron chi connectivity index (χ1n) is 14.2. The van der Waals surface area contributed by atoms with Crippen LogP contribution in [0.25, 0.3) is 0 Å². The zero-order chi connectivity index (χ0) is 31.6. The summed E-state index contributed by atoms with van der Waals surface area (Å²) >= 11 is 6.08. The molecule has 0 saturated heterocycles. The number of rotatable bonds is 15. The molecule has 0 heterocycles. The number of carbonyl (C=O) groups is 2. The van der Waals surface area contributed by atoms with Crippen molar-refractivity contribution in [3.05, 3.63) is 82.9 Å². The molecule has 0 saturated carbocycles. The fraction of sp³-hybridized carbons (Fsp3) is 0.375. The van der Waals surface area contributed by atoms with E-state index in [1.54, 1.807) is 48.5 Å². The molecular formula is C32H40ClN3O6S. The first-order valence-corrected chi connectivity index (χ1v) is 16.0. The van der Waals surface area contributed by atoms with Gasteiger partial charge in [-0.2, -0.15) is 0 Å². The van der Waals surface area contributed by atoms with Gasteiger partial charge in [0.2, 0.25) is 11.8 Å². The second-order valence-electron chi connectivity index (χ2n) is 10.1. The van der Waals surface area contributed by atoms with Gasteiger partial charge < -0.3 is 19.7 Å². The van der Waals surface area contributed by atoms with E-state index in [0.717, 1.165) is 28.3 Å². The van der Waals surface area contributed by atoms with Gasteiger partial charge in [0.15, 0.2) is 11.5 Å². The number of hydrogen-bond acceptors (Lipinski definition) is 6. The molecule has 1 atom stereocenters. The van der Waals surface area contributed by atoms with Crippen LogP contribution >= 0.6 is 11.6 Å². The number of halogens is 1. The zero-order valence-corrected chi connectivity index (χ0v) is 26.9. The normalized spacial score (nSPS) is 11.9. The van der Waals surface area contributed by atoms with Crippen LogP contribution in [-0.4, -0.2) is 58.5 Å². The van der Waals surface area contributed by atoms with E-state index in [-0.39, 0.29) is 23.1 Å². The molecule has 0 aliphatic carbocycles. The fourth-order valence-corrected chi connectivity index (χ4v) is 6.11. The molecule has 0 spiro atoms. The summed E-state index contributed by atoms with van der Waals surface area (Å²) in [7, 11) is -1.39. The van der Waals surface area contributed by atoms with Gasteiger partial charge >= 0.3 is 0 Å². The van der Waals surface area contributed by atoms with Gasteiger partial charge in [0, 0.05) is 24.2 Å². The Morgan fingerprint density at radius 3 is 2.16 bits per heavy atom. The van der Waals surface area contributed by atoms with Crippen molar-refractivity contribution in [1.82, 2.24) is 10.2 Å². The second-order valence-corrected chi connectivity index (χ2v) is 12.4. The lowest BCUT2D eigenvalue weighted by Gasteiger charge is -2.33. The lowest BCUT2D eigenvalue weighted by atomic mass is 10.1. The molecule has 0 fully saturated rings. The van der Waals surface area contributed by atoms with Crippen molar-refractivity contribution >= 4 is 39.1 Å². The summed E-state index contributed by atoms with van der Waals surface area (Å²) in [5.41, 5.74) is 1.99. The Morgan fingerprint density at radius 2 is 1.58 bits per heavy atom. The summed E-state index contributed by atoms with van der Waals surface area (Å²) in [5.74, 6) is -0.216. The third-order valence-electron chi connectivity index (χ3n) is 7.03. The number of unbranched alkanes of at least 4 members (excludes halogenated alkanes) is 1. The van der Waals surface area contributed by atoms with Crippen LogP contribution in [-0.2, 0) is 26.2 Å². The van der Waals surface area contributed by atoms with Crippen LogP contribution in [0, 0.1) is 6.92 Å². The van der Waals surface area contributed by atoms with Crippen LogP contribution in [0.4, 0.5) is 5.69 Å². The Balaban J connectivity index is 2.06. The molecule has 0 aromatic heterocycles. The molecule has 3 aromatic carbocycles. The van der Waals surface area contributed by atoms with Crippen LogP contribution in [0.15, 0.2) is 71.6 Å². The summed E-state index contributed by atoms with van der Waals surface area (Å²) in [6, 6.07) is 17.3. The molecule has 0 bridgehead atoms. The number of nitrogens with zero attached hydrogens (tertiary/aromatic N) is 2. The molecule has 0 aliphatic rings. The van der Waals surface area contributed by atoms with Crippen molar-refractivity contribution in [2.75, 3.05) is 31.6 Å². The highest BCUT2D eigenvalue weighted by molar-refractivity contribution is 7.92. The number of benzene rings is 3. The summed E-state index contributed by atoms with van der Waals surface area (Å²) in [4.78, 5) is 28.8. The quantitative estimate of drug-likeness (QED) is 0.220. The van der Waals surface area contributed by atoms with E-state index in [1.165, 1.54) is 37.3 Å². The minimum absolute atomic E-state index is 0.0767. The molecule has 3 aromatic rings. The van der Waals surface area contributed by atoms with Crippen LogP contribution in [0.5, 0.6) is 11.5 Å². The molecule has 1 N–H and O–H groups in total. The van der Waals surface area contributed by atoms with Gasteiger partial charge in [-0.25, -0.2) is 8.42 Å². The van der Waals surface area contributed by atoms with Crippen molar-refractivity contribution in [2.24, 2.45) is 0 Å². The average molecular weight is 630 g/mol. The molecular weight excluding hydrogens is 590 g/mol. The topological polar surface area (TPSA) is 105 Å². The number of ether oxygens (including phenoxy) is 2. The second kappa shape index (κ2) is 15.6. The Morgan fingerprint density at radius 1 is 0.930 bits per heavy atom. The molecule has 43 heavy (non-hydrogen) atoms. The minimum Gasteiger partial charge on any atom is -0.493 e. The number of carbonyl (C=O) groups excluding carboxylic acids is 2. The van der Waals surface area contributed by atoms with Crippen molar-refractivity contribution in [3.63, 3.8) is 0 Å². The Labute approximate surface area is 259 Å². The number of nitrogens with one attached hydrogen (secondary N) is 1. The molecule has 2 amide bonds. The predicted molar refractivity (Wildman–Crippen MR) is 169 cm³/mol. The van der Waals surface area contributed by atoms with Crippen LogP contribution in [0.3, 0.4) is 0 Å². The lowest BCUT2D eigenvalue weighted by Crippen LogP contribution is -2.52. The van der Waals surface area contributed by atoms with E-state index >= 15 is 0 Å². The number of hydrogen-bond donors (Lipinski definition) is 1. The molecule has 11 heteroatoms. The Kier molecular flexibility index (Phi) is 12.3. The molecule has 0 aliphatic heterocycles. The maximum absolute atomic E-state index is 14.2. The smallest absolute Gasteiger partial charge is 0.264 e. The van der Waals surface area contributed by atoms with E-state index in [1.807, 2.05) is 20.8 Å². The van der Waals surface area contributed by atoms with Crippen LogP contribution in [0.1, 0.15) is 44.2 Å². The zero-order valence-electron chi connectivity index (χ0n) is 25.3. The summed E-state index contributed by atoms with van der Waals surface area (Å²) in [6.07, 6.45) is 2.05. The highest BCUT2D eigenvalue weighted by Gasteiger charge is 2.34. The van der Waals surface area contributed by atoms with Crippen LogP contribution < -0.4 is 19.1 Å². The molecule has 232 valence electrons. The van der Waals surface area contributed by atoms with E-state index in [2.05, 4.69) is 5.32 Å². The third-order valence-corrected chi connectivity index (χ3v) is 9.05. The van der Waals surface area contributed by atoms with Crippen molar-refractivity contribution in [2.45, 2.75) is 57.5 Å². The molecule has 1 unspecified atom stereocenters. The molecule has 3 rings (SSSR count). The first-order chi connectivity index (χ1) is 20.5. The van der Waals surface area contributed by atoms with E-state index < -0.39 is 28.5 Å². The van der Waals surface area contributed by atoms with Crippen molar-refractivity contribution < 1.29 is 27.5 Å². The Bertz CT molecular complexity index is 1480. The standard InChI is InChI=1S/C32H40ClN3O6S/c1-6-8-19-34-32(38)28(7-2)35(21-24-11-13-25(33)14-12-24)31(37)22-36(26-15-9-23(3)10-16-26)43(39,40)27-17-18-29(41-4)30(20-27)42-5/h9-18,20,28H,6-8,19,21-22H2,1-5H3,(H,34,38). The predicted octanol–water partition coefficient (Wildman–Crippen LogP) is 5.58. The summed E-state index contributed by atoms with van der Waals surface area (Å²) in [5, 5.41) is 3.46. The number of methoxy groups -OCH3 is 2. The van der Waals surface area contributed by atoms with Crippen molar-refractivity contribution in [3.8, 4) is 11.5 Å². The monoisotopic (exact) mass is 629 g/mol. The van der Waals surface area contributed by atoms with Gasteiger partial charge in [-0.15, -0.1) is 0 Å². The SMILES string of the molecule is CCCCNC(=O)C(CC)N(Cc1ccc(Cl)cc1)C(=O)CN(c1ccc(C)cc1)S(=O)(=O)c1ccc(OC)c(OC)c1. The number of sulfonamides is 1. The van der Waals surface area contributed by atoms with Gasteiger partial charge in [-0.1, -0.05) is 61.7 Å². The largest absolute Gasteiger partial charge is 0.493 e. The highest BCUT2D eigenvalue weighted by atomic mass is 35.5.